The molecule has 1 aromatic rings. The van der Waals surface area contributed by atoms with Crippen LogP contribution in [-0.2, 0) is 16.0 Å². The zero-order valence-electron chi connectivity index (χ0n) is 14.7. The van der Waals surface area contributed by atoms with Crippen LogP contribution in [0.3, 0.4) is 0 Å². The minimum atomic E-state index is -2.91. The topological polar surface area (TPSA) is 76.7 Å². The third-order valence-corrected chi connectivity index (χ3v) is 4.01. The number of amides is 2. The fraction of sp³-hybridized carbons (Fsp3) is 0.556. The van der Waals surface area contributed by atoms with Crippen LogP contribution in [0, 0.1) is 5.92 Å². The van der Waals surface area contributed by atoms with Crippen LogP contribution < -0.4 is 20.1 Å². The number of rotatable bonds is 11. The SMILES string of the molecule is COc1cc(CCNC(=O)CCCNC(=O)C2CC2)ccc1OC(F)F. The molecule has 0 radical (unpaired) electrons. The summed E-state index contributed by atoms with van der Waals surface area (Å²) < 4.78 is 34.0. The van der Waals surface area contributed by atoms with Gasteiger partial charge in [-0.05, 0) is 43.4 Å². The molecule has 1 aromatic carbocycles. The zero-order valence-corrected chi connectivity index (χ0v) is 14.7. The lowest BCUT2D eigenvalue weighted by molar-refractivity contribution is -0.123. The van der Waals surface area contributed by atoms with E-state index in [2.05, 4.69) is 15.4 Å². The summed E-state index contributed by atoms with van der Waals surface area (Å²) >= 11 is 0. The molecule has 144 valence electrons. The number of nitrogens with one attached hydrogen (secondary N) is 2. The Morgan fingerprint density at radius 3 is 2.62 bits per heavy atom. The summed E-state index contributed by atoms with van der Waals surface area (Å²) in [7, 11) is 1.38. The van der Waals surface area contributed by atoms with Crippen molar-refractivity contribution in [3.8, 4) is 11.5 Å². The summed E-state index contributed by atoms with van der Waals surface area (Å²) in [5.74, 6) is 0.372. The highest BCUT2D eigenvalue weighted by Gasteiger charge is 2.28. The van der Waals surface area contributed by atoms with Gasteiger partial charge in [0.15, 0.2) is 11.5 Å². The molecule has 0 saturated heterocycles. The van der Waals surface area contributed by atoms with Crippen LogP contribution >= 0.6 is 0 Å². The van der Waals surface area contributed by atoms with E-state index in [4.69, 9.17) is 4.74 Å². The van der Waals surface area contributed by atoms with Gasteiger partial charge in [0.05, 0.1) is 7.11 Å². The predicted octanol–water partition coefficient (Wildman–Crippen LogP) is 2.26. The molecule has 2 rings (SSSR count). The molecule has 2 N–H and O–H groups in total. The molecule has 26 heavy (non-hydrogen) atoms. The Balaban J connectivity index is 1.64. The van der Waals surface area contributed by atoms with Crippen molar-refractivity contribution in [1.82, 2.24) is 10.6 Å². The Hall–Kier alpha value is -2.38. The second kappa shape index (κ2) is 9.94. The first-order valence-corrected chi connectivity index (χ1v) is 8.65. The number of hydrogen-bond acceptors (Lipinski definition) is 4. The number of methoxy groups -OCH3 is 1. The first kappa shape index (κ1) is 19.9. The lowest BCUT2D eigenvalue weighted by Gasteiger charge is -2.11. The number of carbonyl (C=O) groups excluding carboxylic acids is 2. The van der Waals surface area contributed by atoms with E-state index in [9.17, 15) is 18.4 Å². The number of hydrogen-bond donors (Lipinski definition) is 2. The largest absolute Gasteiger partial charge is 0.493 e. The number of alkyl halides is 2. The predicted molar refractivity (Wildman–Crippen MR) is 91.3 cm³/mol. The van der Waals surface area contributed by atoms with Gasteiger partial charge < -0.3 is 20.1 Å². The summed E-state index contributed by atoms with van der Waals surface area (Å²) in [5, 5.41) is 5.61. The maximum absolute atomic E-state index is 12.3. The third kappa shape index (κ3) is 6.85. The van der Waals surface area contributed by atoms with Crippen molar-refractivity contribution in [2.24, 2.45) is 5.92 Å². The van der Waals surface area contributed by atoms with E-state index in [1.54, 1.807) is 12.1 Å². The molecule has 1 fully saturated rings. The molecule has 8 heteroatoms. The second-order valence-corrected chi connectivity index (χ2v) is 6.13. The molecule has 0 aliphatic heterocycles. The summed E-state index contributed by atoms with van der Waals surface area (Å²) in [4.78, 5) is 23.2. The average molecular weight is 370 g/mol. The maximum atomic E-state index is 12.3. The Bertz CT molecular complexity index is 621. The Kier molecular flexibility index (Phi) is 7.62. The van der Waals surface area contributed by atoms with Crippen LogP contribution in [0.15, 0.2) is 18.2 Å². The summed E-state index contributed by atoms with van der Waals surface area (Å²) in [5.41, 5.74) is 0.834. The van der Waals surface area contributed by atoms with Gasteiger partial charge in [0.2, 0.25) is 11.8 Å². The van der Waals surface area contributed by atoms with E-state index in [1.165, 1.54) is 13.2 Å². The molecule has 6 nitrogen and oxygen atoms in total. The molecule has 0 heterocycles. The van der Waals surface area contributed by atoms with Crippen molar-refractivity contribution < 1.29 is 27.8 Å². The highest BCUT2D eigenvalue weighted by molar-refractivity contribution is 5.81. The number of ether oxygens (including phenoxy) is 2. The third-order valence-electron chi connectivity index (χ3n) is 4.01. The van der Waals surface area contributed by atoms with E-state index < -0.39 is 6.61 Å². The van der Waals surface area contributed by atoms with Gasteiger partial charge in [-0.3, -0.25) is 9.59 Å². The number of carbonyl (C=O) groups is 2. The lowest BCUT2D eigenvalue weighted by Crippen LogP contribution is -2.29. The minimum absolute atomic E-state index is 0.0245. The van der Waals surface area contributed by atoms with Crippen LogP contribution in [0.25, 0.3) is 0 Å². The van der Waals surface area contributed by atoms with Crippen molar-refractivity contribution in [3.63, 3.8) is 0 Å². The molecule has 0 unspecified atom stereocenters. The van der Waals surface area contributed by atoms with Crippen molar-refractivity contribution >= 4 is 11.8 Å². The van der Waals surface area contributed by atoms with E-state index in [1.807, 2.05) is 0 Å². The fourth-order valence-corrected chi connectivity index (χ4v) is 2.45. The monoisotopic (exact) mass is 370 g/mol. The molecular weight excluding hydrogens is 346 g/mol. The van der Waals surface area contributed by atoms with Gasteiger partial charge >= 0.3 is 6.61 Å². The van der Waals surface area contributed by atoms with Crippen LogP contribution in [0.5, 0.6) is 11.5 Å². The van der Waals surface area contributed by atoms with Gasteiger partial charge in [-0.2, -0.15) is 8.78 Å². The molecule has 1 aliphatic carbocycles. The maximum Gasteiger partial charge on any atom is 0.387 e. The quantitative estimate of drug-likeness (QED) is 0.586. The zero-order chi connectivity index (χ0) is 18.9. The standard InChI is InChI=1S/C18H24F2N2O4/c1-25-15-11-12(4-7-14(15)26-18(19)20)8-10-21-16(23)3-2-9-22-17(24)13-5-6-13/h4,7,11,13,18H,2-3,5-6,8-10H2,1H3,(H,21,23)(H,22,24). The number of benzene rings is 1. The molecule has 0 bridgehead atoms. The van der Waals surface area contributed by atoms with Gasteiger partial charge in [0, 0.05) is 25.4 Å². The molecule has 1 aliphatic rings. The highest BCUT2D eigenvalue weighted by atomic mass is 19.3. The van der Waals surface area contributed by atoms with Crippen LogP contribution in [0.4, 0.5) is 8.78 Å². The first-order valence-electron chi connectivity index (χ1n) is 8.65. The molecule has 2 amide bonds. The molecule has 0 spiro atoms. The average Bonchev–Trinajstić information content (AvgIpc) is 3.44. The Morgan fingerprint density at radius 2 is 1.96 bits per heavy atom. The number of halogens is 2. The van der Waals surface area contributed by atoms with Crippen molar-refractivity contribution in [2.45, 2.75) is 38.7 Å². The van der Waals surface area contributed by atoms with Crippen molar-refractivity contribution in [3.05, 3.63) is 23.8 Å². The summed E-state index contributed by atoms with van der Waals surface area (Å²) in [6, 6.07) is 4.68. The normalized spacial score (nSPS) is 13.4. The van der Waals surface area contributed by atoms with E-state index >= 15 is 0 Å². The molecular formula is C18H24F2N2O4. The highest BCUT2D eigenvalue weighted by Crippen LogP contribution is 2.29. The van der Waals surface area contributed by atoms with Gasteiger partial charge in [0.1, 0.15) is 0 Å². The summed E-state index contributed by atoms with van der Waals surface area (Å²) in [6.45, 7) is -1.99. The van der Waals surface area contributed by atoms with Gasteiger partial charge in [-0.1, -0.05) is 6.07 Å². The summed E-state index contributed by atoms with van der Waals surface area (Å²) in [6.07, 6.45) is 3.40. The van der Waals surface area contributed by atoms with Gasteiger partial charge in [-0.25, -0.2) is 0 Å². The fourth-order valence-electron chi connectivity index (χ4n) is 2.45. The Morgan fingerprint density at radius 1 is 1.19 bits per heavy atom. The van der Waals surface area contributed by atoms with Crippen LogP contribution in [-0.4, -0.2) is 38.6 Å². The molecule has 1 saturated carbocycles. The van der Waals surface area contributed by atoms with Crippen LogP contribution in [0.1, 0.15) is 31.2 Å². The van der Waals surface area contributed by atoms with Crippen molar-refractivity contribution in [1.29, 1.82) is 0 Å². The second-order valence-electron chi connectivity index (χ2n) is 6.13. The van der Waals surface area contributed by atoms with E-state index in [0.717, 1.165) is 18.4 Å². The van der Waals surface area contributed by atoms with Crippen molar-refractivity contribution in [2.75, 3.05) is 20.2 Å². The minimum Gasteiger partial charge on any atom is -0.493 e. The first-order chi connectivity index (χ1) is 12.5. The lowest BCUT2D eigenvalue weighted by atomic mass is 10.1. The van der Waals surface area contributed by atoms with Gasteiger partial charge in [0.25, 0.3) is 0 Å². The molecule has 0 aromatic heterocycles. The van der Waals surface area contributed by atoms with E-state index in [0.29, 0.717) is 32.4 Å². The van der Waals surface area contributed by atoms with Gasteiger partial charge in [-0.15, -0.1) is 0 Å². The smallest absolute Gasteiger partial charge is 0.387 e. The van der Waals surface area contributed by atoms with E-state index in [-0.39, 0.29) is 29.2 Å². The van der Waals surface area contributed by atoms with Crippen LogP contribution in [0.2, 0.25) is 0 Å². The molecule has 0 atom stereocenters. The Labute approximate surface area is 151 Å².